The molecular weight excluding hydrogens is 272 g/mol. The van der Waals surface area contributed by atoms with E-state index >= 15 is 0 Å². The minimum Gasteiger partial charge on any atom is -0.462 e. The van der Waals surface area contributed by atoms with Crippen LogP contribution in [0.1, 0.15) is 18.4 Å². The number of esters is 1. The number of fused-ring (bicyclic) bond motifs is 2. The highest BCUT2D eigenvalue weighted by molar-refractivity contribution is 6.30. The molecular formula is C17H17ClO2. The third-order valence-electron chi connectivity index (χ3n) is 4.14. The van der Waals surface area contributed by atoms with E-state index in [1.54, 1.807) is 18.2 Å². The Kier molecular flexibility index (Phi) is 3.93. The molecule has 3 rings (SSSR count). The van der Waals surface area contributed by atoms with Crippen molar-refractivity contribution in [3.63, 3.8) is 0 Å². The zero-order valence-corrected chi connectivity index (χ0v) is 11.9. The third kappa shape index (κ3) is 3.13. The van der Waals surface area contributed by atoms with E-state index in [4.69, 9.17) is 16.3 Å². The Morgan fingerprint density at radius 2 is 2.05 bits per heavy atom. The summed E-state index contributed by atoms with van der Waals surface area (Å²) in [5.41, 5.74) is 0.939. The van der Waals surface area contributed by atoms with E-state index in [2.05, 4.69) is 12.2 Å². The van der Waals surface area contributed by atoms with Crippen molar-refractivity contribution in [1.82, 2.24) is 0 Å². The lowest BCUT2D eigenvalue weighted by atomic mass is 9.95. The van der Waals surface area contributed by atoms with Gasteiger partial charge in [0.25, 0.3) is 0 Å². The number of halogens is 1. The Labute approximate surface area is 124 Å². The number of rotatable bonds is 4. The van der Waals surface area contributed by atoms with Crippen molar-refractivity contribution < 1.29 is 9.53 Å². The molecule has 2 nitrogen and oxygen atoms in total. The molecule has 104 valence electrons. The van der Waals surface area contributed by atoms with Crippen molar-refractivity contribution in [2.24, 2.45) is 17.8 Å². The molecule has 0 heterocycles. The average Bonchev–Trinajstić information content (AvgIpc) is 3.07. The largest absolute Gasteiger partial charge is 0.462 e. The predicted octanol–water partition coefficient (Wildman–Crippen LogP) is 4.11. The summed E-state index contributed by atoms with van der Waals surface area (Å²) in [6, 6.07) is 7.34. The Bertz CT molecular complexity index is 545. The number of ether oxygens (including phenoxy) is 1. The van der Waals surface area contributed by atoms with Crippen LogP contribution in [-0.4, -0.2) is 12.6 Å². The van der Waals surface area contributed by atoms with E-state index in [9.17, 15) is 4.79 Å². The first-order valence-electron chi connectivity index (χ1n) is 6.99. The van der Waals surface area contributed by atoms with Gasteiger partial charge in [-0.2, -0.15) is 0 Å². The third-order valence-corrected chi connectivity index (χ3v) is 4.39. The minimum absolute atomic E-state index is 0.272. The van der Waals surface area contributed by atoms with Crippen LogP contribution in [0.3, 0.4) is 0 Å². The van der Waals surface area contributed by atoms with E-state index in [1.165, 1.54) is 12.5 Å². The Balaban J connectivity index is 1.47. The summed E-state index contributed by atoms with van der Waals surface area (Å²) in [5, 5.41) is 0.689. The number of benzene rings is 1. The first kappa shape index (κ1) is 13.4. The van der Waals surface area contributed by atoms with Crippen molar-refractivity contribution in [2.45, 2.75) is 12.8 Å². The number of carbonyl (C=O) groups is 1. The summed E-state index contributed by atoms with van der Waals surface area (Å²) in [6.07, 6.45) is 10.2. The fourth-order valence-electron chi connectivity index (χ4n) is 3.06. The van der Waals surface area contributed by atoms with Crippen LogP contribution in [0.2, 0.25) is 5.02 Å². The maximum absolute atomic E-state index is 11.7. The zero-order valence-electron chi connectivity index (χ0n) is 11.2. The number of allylic oxidation sites excluding steroid dienone is 2. The van der Waals surface area contributed by atoms with Gasteiger partial charge in [-0.1, -0.05) is 35.9 Å². The van der Waals surface area contributed by atoms with Crippen LogP contribution in [0.15, 0.2) is 42.5 Å². The van der Waals surface area contributed by atoms with Crippen LogP contribution in [0.5, 0.6) is 0 Å². The second kappa shape index (κ2) is 5.84. The quantitative estimate of drug-likeness (QED) is 0.473. The highest BCUT2D eigenvalue weighted by atomic mass is 35.5. The number of hydrogen-bond donors (Lipinski definition) is 0. The molecule has 3 unspecified atom stereocenters. The number of hydrogen-bond acceptors (Lipinski definition) is 2. The monoisotopic (exact) mass is 288 g/mol. The van der Waals surface area contributed by atoms with Gasteiger partial charge >= 0.3 is 5.97 Å². The molecule has 2 bridgehead atoms. The standard InChI is InChI=1S/C17H17ClO2/c18-16-6-2-12(3-7-16)4-8-17(19)20-11-15-10-13-1-5-14(15)9-13/h1-8,13-15H,9-11H2. The van der Waals surface area contributed by atoms with Gasteiger partial charge in [0.05, 0.1) is 6.61 Å². The molecule has 1 fully saturated rings. The topological polar surface area (TPSA) is 26.3 Å². The molecule has 0 N–H and O–H groups in total. The van der Waals surface area contributed by atoms with E-state index in [1.807, 2.05) is 12.1 Å². The van der Waals surface area contributed by atoms with Crippen molar-refractivity contribution in [3.05, 3.63) is 53.1 Å². The first-order valence-corrected chi connectivity index (χ1v) is 7.37. The highest BCUT2D eigenvalue weighted by Crippen LogP contribution is 2.43. The van der Waals surface area contributed by atoms with Gasteiger partial charge in [0.15, 0.2) is 0 Å². The van der Waals surface area contributed by atoms with Gasteiger partial charge in [0, 0.05) is 11.1 Å². The average molecular weight is 289 g/mol. The van der Waals surface area contributed by atoms with Gasteiger partial charge in [-0.25, -0.2) is 4.79 Å². The zero-order chi connectivity index (χ0) is 13.9. The smallest absolute Gasteiger partial charge is 0.330 e. The van der Waals surface area contributed by atoms with E-state index < -0.39 is 0 Å². The van der Waals surface area contributed by atoms with Crippen LogP contribution in [0.4, 0.5) is 0 Å². The van der Waals surface area contributed by atoms with Gasteiger partial charge in [0.2, 0.25) is 0 Å². The lowest BCUT2D eigenvalue weighted by Gasteiger charge is -2.17. The summed E-state index contributed by atoms with van der Waals surface area (Å²) >= 11 is 5.81. The molecule has 0 spiro atoms. The fourth-order valence-corrected chi connectivity index (χ4v) is 3.19. The van der Waals surface area contributed by atoms with Crippen LogP contribution in [-0.2, 0) is 9.53 Å². The molecule has 1 saturated carbocycles. The number of carbonyl (C=O) groups excluding carboxylic acids is 1. The molecule has 2 aliphatic carbocycles. The van der Waals surface area contributed by atoms with Gasteiger partial charge < -0.3 is 4.74 Å². The maximum atomic E-state index is 11.7. The van der Waals surface area contributed by atoms with Gasteiger partial charge in [-0.3, -0.25) is 0 Å². The van der Waals surface area contributed by atoms with Crippen molar-refractivity contribution in [2.75, 3.05) is 6.61 Å². The van der Waals surface area contributed by atoms with Gasteiger partial charge in [0.1, 0.15) is 0 Å². The molecule has 0 aromatic heterocycles. The Hall–Kier alpha value is -1.54. The summed E-state index contributed by atoms with van der Waals surface area (Å²) < 4.78 is 5.34. The normalized spacial score (nSPS) is 27.4. The second-order valence-corrected chi connectivity index (χ2v) is 5.99. The molecule has 3 heteroatoms. The second-order valence-electron chi connectivity index (χ2n) is 5.56. The maximum Gasteiger partial charge on any atom is 0.330 e. The van der Waals surface area contributed by atoms with E-state index in [0.29, 0.717) is 29.4 Å². The lowest BCUT2D eigenvalue weighted by molar-refractivity contribution is -0.139. The van der Waals surface area contributed by atoms with Gasteiger partial charge in [-0.05, 0) is 54.4 Å². The summed E-state index contributed by atoms with van der Waals surface area (Å²) in [6.45, 7) is 0.537. The minimum atomic E-state index is -0.272. The molecule has 3 atom stereocenters. The van der Waals surface area contributed by atoms with Crippen LogP contribution in [0, 0.1) is 17.8 Å². The summed E-state index contributed by atoms with van der Waals surface area (Å²) in [5.74, 6) is 1.57. The molecule has 0 aliphatic heterocycles. The molecule has 20 heavy (non-hydrogen) atoms. The predicted molar refractivity (Wildman–Crippen MR) is 80.3 cm³/mol. The van der Waals surface area contributed by atoms with Crippen LogP contribution in [0.25, 0.3) is 6.08 Å². The Morgan fingerprint density at radius 1 is 1.25 bits per heavy atom. The first-order chi connectivity index (χ1) is 9.70. The molecule has 0 saturated heterocycles. The lowest BCUT2D eigenvalue weighted by Crippen LogP contribution is -2.16. The van der Waals surface area contributed by atoms with Crippen molar-refractivity contribution >= 4 is 23.6 Å². The molecule has 2 aliphatic rings. The highest BCUT2D eigenvalue weighted by Gasteiger charge is 2.35. The molecule has 0 amide bonds. The molecule has 0 radical (unpaired) electrons. The van der Waals surface area contributed by atoms with E-state index in [-0.39, 0.29) is 5.97 Å². The fraction of sp³-hybridized carbons (Fsp3) is 0.353. The van der Waals surface area contributed by atoms with Gasteiger partial charge in [-0.15, -0.1) is 0 Å². The molecule has 1 aromatic rings. The van der Waals surface area contributed by atoms with E-state index in [0.717, 1.165) is 12.0 Å². The summed E-state index contributed by atoms with van der Waals surface area (Å²) in [7, 11) is 0. The van der Waals surface area contributed by atoms with Crippen molar-refractivity contribution in [3.8, 4) is 0 Å². The SMILES string of the molecule is O=C(C=Cc1ccc(Cl)cc1)OCC1CC2C=CC1C2. The summed E-state index contributed by atoms with van der Waals surface area (Å²) in [4.78, 5) is 11.7. The van der Waals surface area contributed by atoms with Crippen LogP contribution >= 0.6 is 11.6 Å². The Morgan fingerprint density at radius 3 is 2.70 bits per heavy atom. The van der Waals surface area contributed by atoms with Crippen molar-refractivity contribution in [1.29, 1.82) is 0 Å². The molecule has 1 aromatic carbocycles. The van der Waals surface area contributed by atoms with Crippen LogP contribution < -0.4 is 0 Å².